The van der Waals surface area contributed by atoms with Gasteiger partial charge in [0.1, 0.15) is 5.75 Å². The topological polar surface area (TPSA) is 34.1 Å². The van der Waals surface area contributed by atoms with Crippen LogP contribution in [0, 0.1) is 6.92 Å². The van der Waals surface area contributed by atoms with Crippen molar-refractivity contribution in [3.63, 3.8) is 0 Å². The molecule has 3 rings (SSSR count). The van der Waals surface area contributed by atoms with Crippen LogP contribution in [0.1, 0.15) is 24.1 Å². The van der Waals surface area contributed by atoms with Gasteiger partial charge in [-0.3, -0.25) is 0 Å². The van der Waals surface area contributed by atoms with Crippen molar-refractivity contribution in [3.8, 4) is 11.6 Å². The average molecular weight is 300 g/mol. The number of nitrogens with zero attached hydrogens (tertiary/aromatic N) is 1. The number of para-hydroxylation sites is 1. The summed E-state index contributed by atoms with van der Waals surface area (Å²) in [6.07, 6.45) is 4.66. The van der Waals surface area contributed by atoms with Crippen LogP contribution in [-0.4, -0.2) is 17.3 Å². The molecule has 2 aromatic rings. The molecule has 0 radical (unpaired) electrons. The highest BCUT2D eigenvalue weighted by Crippen LogP contribution is 2.30. The van der Waals surface area contributed by atoms with Crippen LogP contribution in [0.2, 0.25) is 0 Å². The van der Waals surface area contributed by atoms with Crippen LogP contribution in [0.3, 0.4) is 0 Å². The van der Waals surface area contributed by atoms with Crippen molar-refractivity contribution in [1.82, 2.24) is 10.3 Å². The summed E-state index contributed by atoms with van der Waals surface area (Å²) in [5.41, 5.74) is 2.27. The van der Waals surface area contributed by atoms with E-state index in [1.165, 1.54) is 18.4 Å². The van der Waals surface area contributed by atoms with Gasteiger partial charge in [-0.25, -0.2) is 4.98 Å². The predicted octanol–water partition coefficient (Wildman–Crippen LogP) is 4.16. The molecule has 1 aromatic heterocycles. The second-order valence-corrected chi connectivity index (χ2v) is 6.15. The van der Waals surface area contributed by atoms with Gasteiger partial charge in [0.25, 0.3) is 0 Å². The zero-order valence-electron chi connectivity index (χ0n) is 12.4. The summed E-state index contributed by atoms with van der Waals surface area (Å²) in [4.78, 5) is 5.69. The molecular weight excluding hydrogens is 280 g/mol. The minimum Gasteiger partial charge on any atom is -0.438 e. The maximum absolute atomic E-state index is 5.92. The molecule has 1 fully saturated rings. The molecule has 0 amide bonds. The highest BCUT2D eigenvalue weighted by atomic mass is 32.2. The van der Waals surface area contributed by atoms with Gasteiger partial charge in [0, 0.05) is 29.2 Å². The van der Waals surface area contributed by atoms with Crippen molar-refractivity contribution in [3.05, 3.63) is 47.7 Å². The Morgan fingerprint density at radius 1 is 1.24 bits per heavy atom. The Balaban J connectivity index is 1.71. The van der Waals surface area contributed by atoms with E-state index in [1.807, 2.05) is 37.4 Å². The van der Waals surface area contributed by atoms with Crippen molar-refractivity contribution in [2.45, 2.75) is 37.2 Å². The fourth-order valence-corrected chi connectivity index (χ4v) is 2.69. The molecule has 0 bridgehead atoms. The summed E-state index contributed by atoms with van der Waals surface area (Å²) in [7, 11) is 0. The Hall–Kier alpha value is -1.52. The summed E-state index contributed by atoms with van der Waals surface area (Å²) in [6, 6.07) is 12.8. The number of hydrogen-bond donors (Lipinski definition) is 1. The molecule has 1 aliphatic carbocycles. The third-order valence-electron chi connectivity index (χ3n) is 3.61. The largest absolute Gasteiger partial charge is 0.438 e. The molecule has 1 heterocycles. The molecule has 0 aliphatic heterocycles. The smallest absolute Gasteiger partial charge is 0.219 e. The van der Waals surface area contributed by atoms with Crippen LogP contribution in [0.4, 0.5) is 0 Å². The van der Waals surface area contributed by atoms with Gasteiger partial charge in [0.05, 0.1) is 0 Å². The summed E-state index contributed by atoms with van der Waals surface area (Å²) < 4.78 is 5.92. The number of aryl methyl sites for hydroxylation is 1. The number of nitrogens with one attached hydrogen (secondary N) is 1. The SMILES string of the molecule is CSc1ccccc1Oc1ccc(CNC2CC2)c(C)n1. The van der Waals surface area contributed by atoms with Gasteiger partial charge in [-0.15, -0.1) is 11.8 Å². The first-order valence-corrected chi connectivity index (χ1v) is 8.49. The lowest BCUT2D eigenvalue weighted by Gasteiger charge is -2.11. The van der Waals surface area contributed by atoms with Crippen molar-refractivity contribution >= 4 is 11.8 Å². The summed E-state index contributed by atoms with van der Waals surface area (Å²) >= 11 is 1.68. The lowest BCUT2D eigenvalue weighted by atomic mass is 10.2. The first-order valence-electron chi connectivity index (χ1n) is 7.27. The van der Waals surface area contributed by atoms with Crippen molar-refractivity contribution in [2.75, 3.05) is 6.26 Å². The number of benzene rings is 1. The van der Waals surface area contributed by atoms with Gasteiger partial charge < -0.3 is 10.1 Å². The number of rotatable bonds is 6. The third kappa shape index (κ3) is 3.77. The molecule has 4 heteroatoms. The molecule has 0 spiro atoms. The second-order valence-electron chi connectivity index (χ2n) is 5.30. The summed E-state index contributed by atoms with van der Waals surface area (Å²) in [6.45, 7) is 2.93. The van der Waals surface area contributed by atoms with Crippen LogP contribution >= 0.6 is 11.8 Å². The molecule has 0 atom stereocenters. The van der Waals surface area contributed by atoms with Crippen LogP contribution in [-0.2, 0) is 6.54 Å². The Bertz CT molecular complexity index is 626. The molecule has 1 saturated carbocycles. The molecular formula is C17H20N2OS. The van der Waals surface area contributed by atoms with Crippen molar-refractivity contribution < 1.29 is 4.74 Å². The number of thioether (sulfide) groups is 1. The van der Waals surface area contributed by atoms with Gasteiger partial charge in [-0.2, -0.15) is 0 Å². The van der Waals surface area contributed by atoms with Crippen LogP contribution in [0.5, 0.6) is 11.6 Å². The normalized spacial score (nSPS) is 14.2. The van der Waals surface area contributed by atoms with E-state index in [0.29, 0.717) is 11.9 Å². The summed E-state index contributed by atoms with van der Waals surface area (Å²) in [5.74, 6) is 1.52. The van der Waals surface area contributed by atoms with E-state index in [-0.39, 0.29) is 0 Å². The van der Waals surface area contributed by atoms with Crippen LogP contribution in [0.25, 0.3) is 0 Å². The quantitative estimate of drug-likeness (QED) is 0.812. The molecule has 3 nitrogen and oxygen atoms in total. The highest BCUT2D eigenvalue weighted by molar-refractivity contribution is 7.98. The molecule has 110 valence electrons. The van der Waals surface area contributed by atoms with Crippen molar-refractivity contribution in [1.29, 1.82) is 0 Å². The fraction of sp³-hybridized carbons (Fsp3) is 0.353. The lowest BCUT2D eigenvalue weighted by molar-refractivity contribution is 0.450. The highest BCUT2D eigenvalue weighted by Gasteiger charge is 2.20. The maximum Gasteiger partial charge on any atom is 0.219 e. The van der Waals surface area contributed by atoms with Gasteiger partial charge >= 0.3 is 0 Å². The maximum atomic E-state index is 5.92. The Kier molecular flexibility index (Phi) is 4.46. The third-order valence-corrected chi connectivity index (χ3v) is 4.39. The monoisotopic (exact) mass is 300 g/mol. The van der Waals surface area contributed by atoms with Crippen molar-refractivity contribution in [2.24, 2.45) is 0 Å². The first kappa shape index (κ1) is 14.4. The van der Waals surface area contributed by atoms with E-state index in [1.54, 1.807) is 11.8 Å². The number of pyridine rings is 1. The number of aromatic nitrogens is 1. The Labute approximate surface area is 130 Å². The average Bonchev–Trinajstić information content (AvgIpc) is 3.31. The number of hydrogen-bond acceptors (Lipinski definition) is 4. The molecule has 1 N–H and O–H groups in total. The van der Waals surface area contributed by atoms with Gasteiger partial charge in [0.15, 0.2) is 0 Å². The van der Waals surface area contributed by atoms with Gasteiger partial charge in [-0.05, 0) is 43.7 Å². The van der Waals surface area contributed by atoms with E-state index in [2.05, 4.69) is 22.4 Å². The number of ether oxygens (including phenoxy) is 1. The summed E-state index contributed by atoms with van der Waals surface area (Å²) in [5, 5.41) is 3.52. The van der Waals surface area contributed by atoms with Crippen LogP contribution in [0.15, 0.2) is 41.3 Å². The van der Waals surface area contributed by atoms with Gasteiger partial charge in [-0.1, -0.05) is 18.2 Å². The minimum absolute atomic E-state index is 0.657. The standard InChI is InChI=1S/C17H20N2OS/c1-12-13(11-18-14-8-9-14)7-10-17(19-12)20-15-5-3-4-6-16(15)21-2/h3-7,10,14,18H,8-9,11H2,1-2H3. The molecule has 0 unspecified atom stereocenters. The predicted molar refractivity (Wildman–Crippen MR) is 87.1 cm³/mol. The van der Waals surface area contributed by atoms with E-state index >= 15 is 0 Å². The second kappa shape index (κ2) is 6.50. The van der Waals surface area contributed by atoms with E-state index < -0.39 is 0 Å². The first-order chi connectivity index (χ1) is 10.3. The molecule has 1 aromatic carbocycles. The zero-order valence-corrected chi connectivity index (χ0v) is 13.2. The van der Waals surface area contributed by atoms with E-state index in [9.17, 15) is 0 Å². The Morgan fingerprint density at radius 3 is 2.76 bits per heavy atom. The molecule has 1 aliphatic rings. The molecule has 21 heavy (non-hydrogen) atoms. The van der Waals surface area contributed by atoms with E-state index in [4.69, 9.17) is 4.74 Å². The van der Waals surface area contributed by atoms with Gasteiger partial charge in [0.2, 0.25) is 5.88 Å². The Morgan fingerprint density at radius 2 is 2.05 bits per heavy atom. The lowest BCUT2D eigenvalue weighted by Crippen LogP contribution is -2.16. The fourth-order valence-electron chi connectivity index (χ4n) is 2.17. The van der Waals surface area contributed by atoms with Crippen LogP contribution < -0.4 is 10.1 Å². The zero-order chi connectivity index (χ0) is 14.7. The minimum atomic E-state index is 0.657. The molecule has 0 saturated heterocycles. The van der Waals surface area contributed by atoms with E-state index in [0.717, 1.165) is 22.9 Å².